The minimum atomic E-state index is -0.118. The van der Waals surface area contributed by atoms with Crippen LogP contribution < -0.4 is 16.0 Å². The summed E-state index contributed by atoms with van der Waals surface area (Å²) in [5.74, 6) is 0.362. The Kier molecular flexibility index (Phi) is 17.2. The molecular weight excluding hydrogens is 444 g/mol. The summed E-state index contributed by atoms with van der Waals surface area (Å²) in [6.07, 6.45) is 4.96. The molecule has 8 heteroatoms. The largest absolute Gasteiger partial charge is 0.356 e. The molecule has 188 valence electrons. The van der Waals surface area contributed by atoms with Crippen molar-refractivity contribution >= 4 is 41.7 Å². The number of piperazine rings is 1. The number of amides is 1. The Balaban J connectivity index is 0.000000630. The summed E-state index contributed by atoms with van der Waals surface area (Å²) in [7, 11) is 2.15. The number of aliphatic imine (C=N–C) groups is 1. The highest BCUT2D eigenvalue weighted by Crippen LogP contribution is 2.22. The maximum Gasteiger partial charge on any atom is 0.253 e. The maximum atomic E-state index is 12.1. The smallest absolute Gasteiger partial charge is 0.253 e. The van der Waals surface area contributed by atoms with Gasteiger partial charge in [0.25, 0.3) is 5.91 Å². The zero-order valence-electron chi connectivity index (χ0n) is 21.6. The van der Waals surface area contributed by atoms with E-state index in [2.05, 4.69) is 65.4 Å². The number of carbonyl (C=O) groups is 1. The van der Waals surface area contributed by atoms with Crippen molar-refractivity contribution < 1.29 is 4.79 Å². The highest BCUT2D eigenvalue weighted by molar-refractivity contribution is 7.78. The van der Waals surface area contributed by atoms with Gasteiger partial charge in [0.1, 0.15) is 0 Å². The van der Waals surface area contributed by atoms with Crippen molar-refractivity contribution in [1.29, 1.82) is 5.41 Å². The van der Waals surface area contributed by atoms with Gasteiger partial charge >= 0.3 is 0 Å². The first kappa shape index (κ1) is 31.3. The molecule has 1 aromatic rings. The fourth-order valence-corrected chi connectivity index (χ4v) is 2.91. The molecule has 0 atom stereocenters. The van der Waals surface area contributed by atoms with Gasteiger partial charge in [-0.25, -0.2) is 0 Å². The second-order valence-electron chi connectivity index (χ2n) is 8.20. The monoisotopic (exact) mass is 486 g/mol. The van der Waals surface area contributed by atoms with Crippen LogP contribution in [0.5, 0.6) is 0 Å². The first-order valence-corrected chi connectivity index (χ1v) is 11.9. The van der Waals surface area contributed by atoms with E-state index in [4.69, 9.17) is 17.6 Å². The van der Waals surface area contributed by atoms with Crippen LogP contribution in [0, 0.1) is 12.3 Å². The molecule has 1 fully saturated rings. The molecule has 0 aliphatic carbocycles. The molecule has 0 unspecified atom stereocenters. The number of thiocarbonyl (C=S) groups is 1. The Hall–Kier alpha value is -2.68. The number of anilines is 1. The van der Waals surface area contributed by atoms with E-state index < -0.39 is 0 Å². The van der Waals surface area contributed by atoms with E-state index in [1.807, 2.05) is 19.9 Å². The van der Waals surface area contributed by atoms with Crippen LogP contribution in [-0.4, -0.2) is 62.0 Å². The molecule has 0 radical (unpaired) electrons. The van der Waals surface area contributed by atoms with Gasteiger partial charge in [-0.1, -0.05) is 44.8 Å². The maximum absolute atomic E-state index is 12.1. The fourth-order valence-electron chi connectivity index (χ4n) is 2.73. The van der Waals surface area contributed by atoms with Gasteiger partial charge in [-0.2, -0.15) is 0 Å². The molecule has 2 rings (SSSR count). The average Bonchev–Trinajstić information content (AvgIpc) is 2.81. The summed E-state index contributed by atoms with van der Waals surface area (Å²) >= 11 is 4.72. The van der Waals surface area contributed by atoms with Gasteiger partial charge in [-0.05, 0) is 50.9 Å². The summed E-state index contributed by atoms with van der Waals surface area (Å²) in [5, 5.41) is 15.6. The molecule has 0 saturated carbocycles. The summed E-state index contributed by atoms with van der Waals surface area (Å²) in [6, 6.07) is 6.12. The number of allylic oxidation sites excluding steroid dienone is 1. The van der Waals surface area contributed by atoms with Crippen LogP contribution in [0.15, 0.2) is 47.2 Å². The van der Waals surface area contributed by atoms with Crippen LogP contribution in [0.1, 0.15) is 51.2 Å². The van der Waals surface area contributed by atoms with Gasteiger partial charge in [0.2, 0.25) is 0 Å². The van der Waals surface area contributed by atoms with Crippen molar-refractivity contribution in [2.24, 2.45) is 4.99 Å². The average molecular weight is 487 g/mol. The molecule has 0 bridgehead atoms. The van der Waals surface area contributed by atoms with Crippen LogP contribution in [-0.2, 0) is 4.79 Å². The van der Waals surface area contributed by atoms with Crippen molar-refractivity contribution in [3.8, 4) is 0 Å². The molecule has 1 aromatic carbocycles. The third kappa shape index (κ3) is 13.8. The van der Waals surface area contributed by atoms with Gasteiger partial charge in [0, 0.05) is 68.2 Å². The van der Waals surface area contributed by atoms with E-state index in [0.717, 1.165) is 30.0 Å². The number of nitrogens with zero attached hydrogens (tertiary/aromatic N) is 2. The summed E-state index contributed by atoms with van der Waals surface area (Å²) in [5.41, 5.74) is 5.96. The third-order valence-corrected chi connectivity index (χ3v) is 5.24. The summed E-state index contributed by atoms with van der Waals surface area (Å²) in [6.45, 7) is 18.0. The van der Waals surface area contributed by atoms with Gasteiger partial charge in [-0.15, -0.1) is 0 Å². The Morgan fingerprint density at radius 3 is 2.41 bits per heavy atom. The quantitative estimate of drug-likeness (QED) is 0.244. The van der Waals surface area contributed by atoms with E-state index in [1.165, 1.54) is 36.6 Å². The Labute approximate surface area is 211 Å². The Morgan fingerprint density at radius 2 is 1.97 bits per heavy atom. The number of likely N-dealkylation sites (N-methyl/N-ethyl adjacent to an activating group) is 1. The molecule has 1 saturated heterocycles. The predicted molar refractivity (Wildman–Crippen MR) is 152 cm³/mol. The van der Waals surface area contributed by atoms with E-state index in [1.54, 1.807) is 13.1 Å². The molecule has 1 heterocycles. The molecule has 4 N–H and O–H groups in total. The molecule has 1 amide bonds. The third-order valence-electron chi connectivity index (χ3n) is 5.12. The number of rotatable bonds is 8. The number of aryl methyl sites for hydroxylation is 1. The molecule has 0 aromatic heterocycles. The van der Waals surface area contributed by atoms with Gasteiger partial charge in [0.05, 0.1) is 5.49 Å². The van der Waals surface area contributed by atoms with E-state index in [-0.39, 0.29) is 5.91 Å². The van der Waals surface area contributed by atoms with Crippen LogP contribution in [0.3, 0.4) is 0 Å². The van der Waals surface area contributed by atoms with Crippen LogP contribution in [0.2, 0.25) is 0 Å². The van der Waals surface area contributed by atoms with Crippen molar-refractivity contribution in [2.75, 3.05) is 38.5 Å². The molecule has 0 spiro atoms. The molecule has 34 heavy (non-hydrogen) atoms. The van der Waals surface area contributed by atoms with Crippen LogP contribution in [0.4, 0.5) is 5.69 Å². The van der Waals surface area contributed by atoms with Crippen molar-refractivity contribution in [3.63, 3.8) is 0 Å². The van der Waals surface area contributed by atoms with Gasteiger partial charge in [-0.3, -0.25) is 9.79 Å². The molecule has 1 aliphatic heterocycles. The van der Waals surface area contributed by atoms with Gasteiger partial charge in [0.15, 0.2) is 0 Å². The lowest BCUT2D eigenvalue weighted by Crippen LogP contribution is -2.40. The second kappa shape index (κ2) is 18.7. The zero-order chi connectivity index (χ0) is 25.9. The lowest BCUT2D eigenvalue weighted by molar-refractivity contribution is -0.112. The molecule has 1 aliphatic rings. The lowest BCUT2D eigenvalue weighted by atomic mass is 10.00. The standard InChI is InChI=1S/C16H22N2OS.C5H12N2.C5H8N2/c1-10(2)14-6-7-15(11(3)8-14)18-16(19)12(4)13(5)17-9-20;1-7-4-2-6-3-5-7;1-2-7-5-3-4-6/h6-10H,1-5H3,(H,17,20)(H,18,19);6H,2-5H2,1H3;2,4-6H,1,3H2/b13-12+;;. The normalized spacial score (nSPS) is 14.1. The van der Waals surface area contributed by atoms with Crippen LogP contribution in [0.25, 0.3) is 0 Å². The van der Waals surface area contributed by atoms with Crippen molar-refractivity contribution in [1.82, 2.24) is 15.5 Å². The number of carbonyl (C=O) groups excluding carboxylic acids is 1. The summed E-state index contributed by atoms with van der Waals surface area (Å²) < 4.78 is 0. The van der Waals surface area contributed by atoms with Gasteiger partial charge < -0.3 is 26.3 Å². The number of hydrogen-bond acceptors (Lipinski definition) is 6. The summed E-state index contributed by atoms with van der Waals surface area (Å²) in [4.78, 5) is 18.1. The Morgan fingerprint density at radius 1 is 1.32 bits per heavy atom. The minimum absolute atomic E-state index is 0.118. The van der Waals surface area contributed by atoms with Crippen molar-refractivity contribution in [3.05, 3.63) is 53.4 Å². The highest BCUT2D eigenvalue weighted by Gasteiger charge is 2.10. The molecular formula is C26H42N6OS. The highest BCUT2D eigenvalue weighted by atomic mass is 32.1. The SMILES string of the molecule is C/C(NC=S)=C(/C)C(=O)Nc1ccc(C(C)C)cc1C.C=CN=CCC=N.CN1CCNCC1. The first-order valence-electron chi connectivity index (χ1n) is 11.5. The molecule has 7 nitrogen and oxygen atoms in total. The number of benzene rings is 1. The van der Waals surface area contributed by atoms with E-state index in [9.17, 15) is 4.79 Å². The number of nitrogens with one attached hydrogen (secondary N) is 4. The topological polar surface area (TPSA) is 92.6 Å². The minimum Gasteiger partial charge on any atom is -0.356 e. The first-order chi connectivity index (χ1) is 16.2. The zero-order valence-corrected chi connectivity index (χ0v) is 22.4. The lowest BCUT2D eigenvalue weighted by Gasteiger charge is -2.21. The predicted octanol–water partition coefficient (Wildman–Crippen LogP) is 4.66. The van der Waals surface area contributed by atoms with E-state index in [0.29, 0.717) is 17.9 Å². The Bertz CT molecular complexity index is 842. The van der Waals surface area contributed by atoms with E-state index >= 15 is 0 Å². The van der Waals surface area contributed by atoms with Crippen molar-refractivity contribution in [2.45, 2.75) is 47.0 Å². The number of hydrogen-bond donors (Lipinski definition) is 4. The van der Waals surface area contributed by atoms with Crippen LogP contribution >= 0.6 is 12.2 Å². The fraction of sp³-hybridized carbons (Fsp3) is 0.462. The second-order valence-corrected chi connectivity index (χ2v) is 8.44.